The molecule has 2 heterocycles. The second-order valence-corrected chi connectivity index (χ2v) is 4.72. The average Bonchev–Trinajstić information content (AvgIpc) is 2.82. The van der Waals surface area contributed by atoms with Crippen molar-refractivity contribution in [3.05, 3.63) is 65.0 Å². The Morgan fingerprint density at radius 3 is 2.67 bits per heavy atom. The fourth-order valence-corrected chi connectivity index (χ4v) is 2.21. The molecule has 0 aliphatic rings. The summed E-state index contributed by atoms with van der Waals surface area (Å²) in [5.74, 6) is 0.855. The number of imidazole rings is 1. The topological polar surface area (TPSA) is 26.5 Å². The summed E-state index contributed by atoms with van der Waals surface area (Å²) in [5.41, 5.74) is 1.82. The van der Waals surface area contributed by atoms with Gasteiger partial charge in [0.2, 0.25) is 0 Å². The second-order valence-electron chi connectivity index (χ2n) is 3.91. The van der Waals surface area contributed by atoms with Crippen molar-refractivity contribution in [3.63, 3.8) is 0 Å². The fourth-order valence-electron chi connectivity index (χ4n) is 1.77. The number of benzene rings is 1. The maximum absolute atomic E-state index is 5.67. The molecular formula is C14H11BrN2O. The molecular weight excluding hydrogens is 292 g/mol. The molecule has 0 unspecified atom stereocenters. The summed E-state index contributed by atoms with van der Waals surface area (Å²) < 4.78 is 8.64. The predicted molar refractivity (Wildman–Crippen MR) is 73.7 cm³/mol. The van der Waals surface area contributed by atoms with Gasteiger partial charge in [0.15, 0.2) is 0 Å². The van der Waals surface area contributed by atoms with Crippen LogP contribution in [0.3, 0.4) is 0 Å². The zero-order chi connectivity index (χ0) is 12.4. The first-order chi connectivity index (χ1) is 8.83. The van der Waals surface area contributed by atoms with Crippen LogP contribution in [0.2, 0.25) is 0 Å². The average molecular weight is 303 g/mol. The summed E-state index contributed by atoms with van der Waals surface area (Å²) in [7, 11) is 0. The quantitative estimate of drug-likeness (QED) is 0.690. The third kappa shape index (κ3) is 2.24. The molecule has 0 aliphatic carbocycles. The van der Waals surface area contributed by atoms with E-state index in [-0.39, 0.29) is 0 Å². The number of halogens is 1. The molecule has 0 aliphatic heterocycles. The Morgan fingerprint density at radius 2 is 1.89 bits per heavy atom. The van der Waals surface area contributed by atoms with E-state index in [1.165, 1.54) is 0 Å². The van der Waals surface area contributed by atoms with Gasteiger partial charge in [-0.05, 0) is 40.2 Å². The first kappa shape index (κ1) is 11.3. The zero-order valence-corrected chi connectivity index (χ0v) is 11.2. The van der Waals surface area contributed by atoms with E-state index >= 15 is 0 Å². The van der Waals surface area contributed by atoms with Gasteiger partial charge in [-0.15, -0.1) is 0 Å². The minimum Gasteiger partial charge on any atom is -0.487 e. The van der Waals surface area contributed by atoms with E-state index in [4.69, 9.17) is 4.74 Å². The van der Waals surface area contributed by atoms with Crippen LogP contribution in [0, 0.1) is 0 Å². The summed E-state index contributed by atoms with van der Waals surface area (Å²) in [6.45, 7) is 0.470. The van der Waals surface area contributed by atoms with Gasteiger partial charge < -0.3 is 4.74 Å². The lowest BCUT2D eigenvalue weighted by molar-refractivity contribution is 0.302. The first-order valence-corrected chi connectivity index (χ1v) is 6.42. The molecule has 3 aromatic rings. The van der Waals surface area contributed by atoms with Gasteiger partial charge in [0, 0.05) is 6.20 Å². The molecule has 0 N–H and O–H groups in total. The Balaban J connectivity index is 1.81. The maximum atomic E-state index is 5.67. The molecule has 0 radical (unpaired) electrons. The van der Waals surface area contributed by atoms with Crippen LogP contribution in [0.25, 0.3) is 5.65 Å². The molecule has 0 saturated carbocycles. The van der Waals surface area contributed by atoms with Crippen molar-refractivity contribution in [2.45, 2.75) is 6.61 Å². The number of rotatable bonds is 3. The minimum absolute atomic E-state index is 0.470. The standard InChI is InChI=1S/C14H11BrN2O/c15-13-7-4-8-14-16-11(9-17(13)14)10-18-12-5-2-1-3-6-12/h1-9H,10H2. The minimum atomic E-state index is 0.470. The zero-order valence-electron chi connectivity index (χ0n) is 9.58. The number of ether oxygens (including phenoxy) is 1. The van der Waals surface area contributed by atoms with Gasteiger partial charge in [-0.3, -0.25) is 4.40 Å². The van der Waals surface area contributed by atoms with Crippen LogP contribution >= 0.6 is 15.9 Å². The molecule has 0 saturated heterocycles. The van der Waals surface area contributed by atoms with Gasteiger partial charge in [0.25, 0.3) is 0 Å². The third-order valence-corrected chi connectivity index (χ3v) is 3.27. The van der Waals surface area contributed by atoms with Crippen molar-refractivity contribution >= 4 is 21.6 Å². The largest absolute Gasteiger partial charge is 0.487 e. The molecule has 0 atom stereocenters. The fraction of sp³-hybridized carbons (Fsp3) is 0.0714. The molecule has 0 bridgehead atoms. The molecule has 18 heavy (non-hydrogen) atoms. The van der Waals surface area contributed by atoms with Crippen LogP contribution in [-0.4, -0.2) is 9.38 Å². The van der Waals surface area contributed by atoms with Crippen molar-refractivity contribution < 1.29 is 4.74 Å². The Labute approximate surface area is 113 Å². The number of hydrogen-bond donors (Lipinski definition) is 0. The van der Waals surface area contributed by atoms with E-state index < -0.39 is 0 Å². The van der Waals surface area contributed by atoms with Gasteiger partial charge in [-0.25, -0.2) is 4.98 Å². The van der Waals surface area contributed by atoms with E-state index in [0.717, 1.165) is 21.7 Å². The highest BCUT2D eigenvalue weighted by atomic mass is 79.9. The SMILES string of the molecule is Brc1cccc2nc(COc3ccccc3)cn12. The van der Waals surface area contributed by atoms with E-state index in [2.05, 4.69) is 20.9 Å². The lowest BCUT2D eigenvalue weighted by Gasteiger charge is -2.02. The van der Waals surface area contributed by atoms with E-state index in [9.17, 15) is 0 Å². The lowest BCUT2D eigenvalue weighted by atomic mass is 10.3. The highest BCUT2D eigenvalue weighted by molar-refractivity contribution is 9.10. The van der Waals surface area contributed by atoms with Gasteiger partial charge in [0.1, 0.15) is 18.0 Å². The van der Waals surface area contributed by atoms with Crippen molar-refractivity contribution in [3.8, 4) is 5.75 Å². The number of aromatic nitrogens is 2. The van der Waals surface area contributed by atoms with Gasteiger partial charge in [0.05, 0.1) is 10.3 Å². The number of hydrogen-bond acceptors (Lipinski definition) is 2. The Hall–Kier alpha value is -1.81. The Morgan fingerprint density at radius 1 is 1.06 bits per heavy atom. The van der Waals surface area contributed by atoms with Gasteiger partial charge >= 0.3 is 0 Å². The second kappa shape index (κ2) is 4.82. The van der Waals surface area contributed by atoms with Crippen LogP contribution in [0.15, 0.2) is 59.3 Å². The highest BCUT2D eigenvalue weighted by Crippen LogP contribution is 2.16. The molecule has 0 spiro atoms. The van der Waals surface area contributed by atoms with Crippen molar-refractivity contribution in [1.29, 1.82) is 0 Å². The summed E-state index contributed by atoms with van der Waals surface area (Å²) in [6.07, 6.45) is 1.97. The van der Waals surface area contributed by atoms with Crippen LogP contribution < -0.4 is 4.74 Å². The Kier molecular flexibility index (Phi) is 3.02. The molecule has 3 nitrogen and oxygen atoms in total. The van der Waals surface area contributed by atoms with Crippen molar-refractivity contribution in [2.24, 2.45) is 0 Å². The number of para-hydroxylation sites is 1. The summed E-state index contributed by atoms with van der Waals surface area (Å²) in [4.78, 5) is 4.50. The van der Waals surface area contributed by atoms with Crippen molar-refractivity contribution in [2.75, 3.05) is 0 Å². The molecule has 90 valence electrons. The van der Waals surface area contributed by atoms with E-state index in [1.807, 2.05) is 59.1 Å². The molecule has 4 heteroatoms. The molecule has 3 rings (SSSR count). The molecule has 0 fully saturated rings. The van der Waals surface area contributed by atoms with Crippen molar-refractivity contribution in [1.82, 2.24) is 9.38 Å². The summed E-state index contributed by atoms with van der Waals surface area (Å²) >= 11 is 3.49. The molecule has 2 aromatic heterocycles. The number of nitrogens with zero attached hydrogens (tertiary/aromatic N) is 2. The van der Waals surface area contributed by atoms with Gasteiger partial charge in [-0.1, -0.05) is 24.3 Å². The van der Waals surface area contributed by atoms with Crippen LogP contribution in [0.1, 0.15) is 5.69 Å². The first-order valence-electron chi connectivity index (χ1n) is 5.63. The summed E-state index contributed by atoms with van der Waals surface area (Å²) in [6, 6.07) is 15.7. The van der Waals surface area contributed by atoms with Crippen LogP contribution in [0.5, 0.6) is 5.75 Å². The smallest absolute Gasteiger partial charge is 0.138 e. The highest BCUT2D eigenvalue weighted by Gasteiger charge is 2.04. The van der Waals surface area contributed by atoms with E-state index in [0.29, 0.717) is 6.61 Å². The predicted octanol–water partition coefficient (Wildman–Crippen LogP) is 3.68. The van der Waals surface area contributed by atoms with Gasteiger partial charge in [-0.2, -0.15) is 0 Å². The maximum Gasteiger partial charge on any atom is 0.138 e. The van der Waals surface area contributed by atoms with Crippen LogP contribution in [-0.2, 0) is 6.61 Å². The number of fused-ring (bicyclic) bond motifs is 1. The Bertz CT molecular complexity index is 664. The monoisotopic (exact) mass is 302 g/mol. The van der Waals surface area contributed by atoms with E-state index in [1.54, 1.807) is 0 Å². The lowest BCUT2D eigenvalue weighted by Crippen LogP contribution is -1.94. The summed E-state index contributed by atoms with van der Waals surface area (Å²) in [5, 5.41) is 0. The third-order valence-electron chi connectivity index (χ3n) is 2.62. The molecule has 0 amide bonds. The number of pyridine rings is 1. The normalized spacial score (nSPS) is 10.7. The molecule has 1 aromatic carbocycles. The van der Waals surface area contributed by atoms with Crippen LogP contribution in [0.4, 0.5) is 0 Å².